The molecule has 1 saturated heterocycles. The summed E-state index contributed by atoms with van der Waals surface area (Å²) in [6.07, 6.45) is 0.765. The van der Waals surface area contributed by atoms with Gasteiger partial charge in [-0.25, -0.2) is 12.8 Å². The number of nitrogens with zero attached hydrogens (tertiary/aromatic N) is 1. The minimum atomic E-state index is -3.12. The fourth-order valence-corrected chi connectivity index (χ4v) is 4.05. The van der Waals surface area contributed by atoms with Gasteiger partial charge in [-0.15, -0.1) is 0 Å². The Morgan fingerprint density at radius 3 is 2.33 bits per heavy atom. The average molecular weight is 392 g/mol. The average Bonchev–Trinajstić information content (AvgIpc) is 2.64. The highest BCUT2D eigenvalue weighted by Gasteiger charge is 2.27. The number of ether oxygens (including phenoxy) is 1. The highest BCUT2D eigenvalue weighted by atomic mass is 32.2. The number of benzene rings is 2. The van der Waals surface area contributed by atoms with Crippen molar-refractivity contribution in [2.75, 3.05) is 31.1 Å². The van der Waals surface area contributed by atoms with Crippen molar-refractivity contribution >= 4 is 15.7 Å². The number of carbonyl (C=O) groups excluding carboxylic acids is 1. The maximum atomic E-state index is 14.2. The monoisotopic (exact) mass is 392 g/mol. The number of rotatable bonds is 5. The normalized spacial score (nSPS) is 16.1. The van der Waals surface area contributed by atoms with Gasteiger partial charge in [-0.3, -0.25) is 4.79 Å². The van der Waals surface area contributed by atoms with E-state index in [4.69, 9.17) is 10.5 Å². The lowest BCUT2D eigenvalue weighted by atomic mass is 10.1. The van der Waals surface area contributed by atoms with Gasteiger partial charge in [0, 0.05) is 13.1 Å². The second-order valence-electron chi connectivity index (χ2n) is 6.37. The fraction of sp³-hybridized carbons (Fsp3) is 0.316. The molecular formula is C19H21FN2O4S. The van der Waals surface area contributed by atoms with Crippen LogP contribution in [-0.4, -0.2) is 50.4 Å². The van der Waals surface area contributed by atoms with Gasteiger partial charge in [-0.05, 0) is 48.9 Å². The zero-order valence-electron chi connectivity index (χ0n) is 14.7. The molecule has 0 bridgehead atoms. The van der Waals surface area contributed by atoms with Crippen molar-refractivity contribution in [2.45, 2.75) is 6.42 Å². The molecule has 0 saturated carbocycles. The first-order valence-electron chi connectivity index (χ1n) is 8.64. The van der Waals surface area contributed by atoms with Crippen molar-refractivity contribution in [1.82, 2.24) is 4.90 Å². The van der Waals surface area contributed by atoms with Crippen LogP contribution in [0.4, 0.5) is 4.39 Å². The van der Waals surface area contributed by atoms with Crippen LogP contribution >= 0.6 is 0 Å². The molecule has 1 aliphatic heterocycles. The molecule has 1 aliphatic rings. The molecule has 2 aromatic rings. The van der Waals surface area contributed by atoms with Crippen LogP contribution in [0.3, 0.4) is 0 Å². The summed E-state index contributed by atoms with van der Waals surface area (Å²) in [5, 5.41) is 0. The van der Waals surface area contributed by atoms with Gasteiger partial charge < -0.3 is 15.4 Å². The Kier molecular flexibility index (Phi) is 5.76. The maximum absolute atomic E-state index is 14.2. The van der Waals surface area contributed by atoms with Crippen LogP contribution < -0.4 is 10.5 Å². The first kappa shape index (κ1) is 19.3. The lowest BCUT2D eigenvalue weighted by Gasteiger charge is -2.27. The second kappa shape index (κ2) is 8.06. The summed E-state index contributed by atoms with van der Waals surface area (Å²) in [4.78, 5) is 13.9. The number of nitrogens with two attached hydrogens (primary N) is 1. The van der Waals surface area contributed by atoms with E-state index in [1.165, 1.54) is 23.1 Å². The molecule has 1 amide bonds. The molecule has 2 N–H and O–H groups in total. The molecule has 0 unspecified atom stereocenters. The third-order valence-corrected chi connectivity index (χ3v) is 6.00. The number of halogens is 1. The molecule has 2 aromatic carbocycles. The molecule has 1 fully saturated rings. The Morgan fingerprint density at radius 2 is 1.70 bits per heavy atom. The summed E-state index contributed by atoms with van der Waals surface area (Å²) in [6, 6.07) is 11.3. The summed E-state index contributed by atoms with van der Waals surface area (Å²) in [6.45, 7) is 0.685. The zero-order chi connectivity index (χ0) is 19.4. The molecule has 0 radical (unpaired) electrons. The highest BCUT2D eigenvalue weighted by molar-refractivity contribution is 7.91. The fourth-order valence-electron chi connectivity index (χ4n) is 2.84. The van der Waals surface area contributed by atoms with Gasteiger partial charge in [-0.1, -0.05) is 12.1 Å². The van der Waals surface area contributed by atoms with E-state index >= 15 is 0 Å². The minimum absolute atomic E-state index is 0.0638. The second-order valence-corrected chi connectivity index (χ2v) is 8.67. The molecule has 6 nitrogen and oxygen atoms in total. The topological polar surface area (TPSA) is 89.7 Å². The van der Waals surface area contributed by atoms with Crippen molar-refractivity contribution in [3.05, 3.63) is 59.4 Å². The molecule has 0 aliphatic carbocycles. The Balaban J connectivity index is 1.75. The van der Waals surface area contributed by atoms with Crippen LogP contribution in [0.1, 0.15) is 15.9 Å². The van der Waals surface area contributed by atoms with E-state index in [0.29, 0.717) is 18.0 Å². The van der Waals surface area contributed by atoms with E-state index in [9.17, 15) is 17.6 Å². The first-order chi connectivity index (χ1) is 12.9. The molecular weight excluding hydrogens is 371 g/mol. The van der Waals surface area contributed by atoms with E-state index in [-0.39, 0.29) is 30.2 Å². The van der Waals surface area contributed by atoms with Crippen molar-refractivity contribution in [3.63, 3.8) is 0 Å². The Morgan fingerprint density at radius 1 is 1.07 bits per heavy atom. The number of hydrogen-bond donors (Lipinski definition) is 1. The van der Waals surface area contributed by atoms with Crippen molar-refractivity contribution < 1.29 is 22.3 Å². The van der Waals surface area contributed by atoms with E-state index in [2.05, 4.69) is 0 Å². The first-order valence-corrected chi connectivity index (χ1v) is 10.5. The molecule has 3 rings (SSSR count). The third-order valence-electron chi connectivity index (χ3n) is 4.39. The molecule has 0 aromatic heterocycles. The predicted octanol–water partition coefficient (Wildman–Crippen LogP) is 1.99. The van der Waals surface area contributed by atoms with E-state index in [1.807, 2.05) is 12.1 Å². The Bertz CT molecular complexity index is 915. The quantitative estimate of drug-likeness (QED) is 0.841. The Labute approximate surface area is 157 Å². The van der Waals surface area contributed by atoms with Gasteiger partial charge in [0.05, 0.1) is 17.1 Å². The van der Waals surface area contributed by atoms with Gasteiger partial charge in [0.15, 0.2) is 9.84 Å². The lowest BCUT2D eigenvalue weighted by molar-refractivity contribution is 0.0765. The highest BCUT2D eigenvalue weighted by Crippen LogP contribution is 2.25. The number of amides is 1. The van der Waals surface area contributed by atoms with Crippen molar-refractivity contribution in [3.8, 4) is 11.5 Å². The predicted molar refractivity (Wildman–Crippen MR) is 100 cm³/mol. The Hall–Kier alpha value is -2.45. The van der Waals surface area contributed by atoms with Gasteiger partial charge in [-0.2, -0.15) is 0 Å². The van der Waals surface area contributed by atoms with Gasteiger partial charge in [0.1, 0.15) is 17.3 Å². The zero-order valence-corrected chi connectivity index (χ0v) is 15.5. The third kappa shape index (κ3) is 4.84. The smallest absolute Gasteiger partial charge is 0.257 e. The van der Waals surface area contributed by atoms with E-state index in [0.717, 1.165) is 12.0 Å². The summed E-state index contributed by atoms with van der Waals surface area (Å²) < 4.78 is 42.9. The molecule has 8 heteroatoms. The van der Waals surface area contributed by atoms with Gasteiger partial charge in [0.2, 0.25) is 0 Å². The van der Waals surface area contributed by atoms with E-state index in [1.54, 1.807) is 12.1 Å². The molecule has 27 heavy (non-hydrogen) atoms. The van der Waals surface area contributed by atoms with Crippen LogP contribution in [0.5, 0.6) is 11.5 Å². The number of carbonyl (C=O) groups is 1. The summed E-state index contributed by atoms with van der Waals surface area (Å²) in [7, 11) is -3.12. The van der Waals surface area contributed by atoms with Gasteiger partial charge in [0.25, 0.3) is 5.91 Å². The largest absolute Gasteiger partial charge is 0.457 e. The molecule has 0 atom stereocenters. The van der Waals surface area contributed by atoms with Crippen LogP contribution in [0.2, 0.25) is 0 Å². The van der Waals surface area contributed by atoms with Crippen molar-refractivity contribution in [2.24, 2.45) is 5.73 Å². The van der Waals surface area contributed by atoms with Gasteiger partial charge >= 0.3 is 0 Å². The standard InChI is InChI=1S/C19H21FN2O4S/c20-18-6-5-16(26-15-3-1-14(2-4-15)7-8-21)13-17(18)19(23)22-9-11-27(24,25)12-10-22/h1-6,13H,7-12,21H2. The van der Waals surface area contributed by atoms with Crippen LogP contribution in [0.15, 0.2) is 42.5 Å². The maximum Gasteiger partial charge on any atom is 0.257 e. The summed E-state index contributed by atoms with van der Waals surface area (Å²) >= 11 is 0. The van der Waals surface area contributed by atoms with Crippen LogP contribution in [0, 0.1) is 5.82 Å². The minimum Gasteiger partial charge on any atom is -0.457 e. The lowest BCUT2D eigenvalue weighted by Crippen LogP contribution is -2.44. The van der Waals surface area contributed by atoms with Crippen LogP contribution in [-0.2, 0) is 16.3 Å². The molecule has 144 valence electrons. The molecule has 1 heterocycles. The molecule has 0 spiro atoms. The van der Waals surface area contributed by atoms with Crippen LogP contribution in [0.25, 0.3) is 0 Å². The summed E-state index contributed by atoms with van der Waals surface area (Å²) in [5.41, 5.74) is 6.47. The SMILES string of the molecule is NCCc1ccc(Oc2ccc(F)c(C(=O)N3CCS(=O)(=O)CC3)c2)cc1. The van der Waals surface area contributed by atoms with E-state index < -0.39 is 21.6 Å². The summed E-state index contributed by atoms with van der Waals surface area (Å²) in [5.74, 6) is -0.525. The number of hydrogen-bond acceptors (Lipinski definition) is 5. The van der Waals surface area contributed by atoms with Crippen molar-refractivity contribution in [1.29, 1.82) is 0 Å². The number of sulfone groups is 1.